The van der Waals surface area contributed by atoms with Crippen LogP contribution in [-0.4, -0.2) is 29.7 Å². The average Bonchev–Trinajstić information content (AvgIpc) is 3.07. The molecule has 0 radical (unpaired) electrons. The fourth-order valence-corrected chi connectivity index (χ4v) is 4.08. The molecular weight excluding hydrogens is 364 g/mol. The van der Waals surface area contributed by atoms with Crippen LogP contribution in [0.15, 0.2) is 28.4 Å². The number of esters is 1. The first-order valence-electron chi connectivity index (χ1n) is 8.66. The highest BCUT2D eigenvalue weighted by atomic mass is 32.1. The van der Waals surface area contributed by atoms with E-state index in [9.17, 15) is 9.59 Å². The Bertz CT molecular complexity index is 1050. The second-order valence-electron chi connectivity index (χ2n) is 6.33. The Morgan fingerprint density at radius 3 is 2.70 bits per heavy atom. The van der Waals surface area contributed by atoms with E-state index in [2.05, 4.69) is 9.72 Å². The molecule has 0 aliphatic carbocycles. The summed E-state index contributed by atoms with van der Waals surface area (Å²) in [6.07, 6.45) is 0.788. The monoisotopic (exact) mass is 386 g/mol. The van der Waals surface area contributed by atoms with Gasteiger partial charge in [0, 0.05) is 29.5 Å². The van der Waals surface area contributed by atoms with Crippen LogP contribution in [0.3, 0.4) is 0 Å². The fourth-order valence-electron chi connectivity index (χ4n) is 3.10. The van der Waals surface area contributed by atoms with Crippen molar-refractivity contribution in [3.8, 4) is 16.9 Å². The van der Waals surface area contributed by atoms with Gasteiger partial charge in [-0.3, -0.25) is 14.2 Å². The Balaban J connectivity index is 2.10. The van der Waals surface area contributed by atoms with Gasteiger partial charge in [-0.1, -0.05) is 11.6 Å². The van der Waals surface area contributed by atoms with E-state index in [-0.39, 0.29) is 17.9 Å². The molecule has 0 unspecified atom stereocenters. The Hall–Kier alpha value is -2.67. The molecule has 27 heavy (non-hydrogen) atoms. The van der Waals surface area contributed by atoms with Crippen molar-refractivity contribution in [2.75, 3.05) is 14.2 Å². The second-order valence-corrected chi connectivity index (χ2v) is 7.19. The third-order valence-corrected chi connectivity index (χ3v) is 5.39. The van der Waals surface area contributed by atoms with Crippen LogP contribution in [0.2, 0.25) is 0 Å². The number of methoxy groups -OCH3 is 2. The first-order valence-corrected chi connectivity index (χ1v) is 9.54. The van der Waals surface area contributed by atoms with Gasteiger partial charge >= 0.3 is 5.97 Å². The van der Waals surface area contributed by atoms with Crippen molar-refractivity contribution in [1.82, 2.24) is 9.55 Å². The van der Waals surface area contributed by atoms with Crippen molar-refractivity contribution in [3.63, 3.8) is 0 Å². The lowest BCUT2D eigenvalue weighted by molar-refractivity contribution is -0.140. The molecule has 0 fully saturated rings. The second kappa shape index (κ2) is 7.92. The smallest absolute Gasteiger partial charge is 0.305 e. The molecule has 3 aromatic rings. The Kier molecular flexibility index (Phi) is 5.60. The van der Waals surface area contributed by atoms with Gasteiger partial charge in [-0.05, 0) is 32.4 Å². The van der Waals surface area contributed by atoms with E-state index in [1.807, 2.05) is 37.4 Å². The molecule has 0 bridgehead atoms. The Labute approximate surface area is 161 Å². The van der Waals surface area contributed by atoms with E-state index >= 15 is 0 Å². The largest absolute Gasteiger partial charge is 0.496 e. The van der Waals surface area contributed by atoms with Gasteiger partial charge in [0.15, 0.2) is 0 Å². The molecule has 0 amide bonds. The van der Waals surface area contributed by atoms with Gasteiger partial charge in [0.2, 0.25) is 0 Å². The van der Waals surface area contributed by atoms with Gasteiger partial charge in [-0.2, -0.15) is 0 Å². The zero-order chi connectivity index (χ0) is 19.6. The van der Waals surface area contributed by atoms with Gasteiger partial charge in [0.1, 0.15) is 16.4 Å². The SMILES string of the molecule is COC(=O)CCCn1c(C)nc2scc(-c3cc(C)ccc3OC)c2c1=O. The minimum absolute atomic E-state index is 0.0952. The van der Waals surface area contributed by atoms with Crippen molar-refractivity contribution in [1.29, 1.82) is 0 Å². The third kappa shape index (κ3) is 3.73. The molecule has 6 nitrogen and oxygen atoms in total. The molecule has 2 heterocycles. The van der Waals surface area contributed by atoms with Gasteiger partial charge in [-0.25, -0.2) is 4.98 Å². The zero-order valence-electron chi connectivity index (χ0n) is 15.9. The minimum Gasteiger partial charge on any atom is -0.496 e. The first-order chi connectivity index (χ1) is 13.0. The number of aromatic nitrogens is 2. The van der Waals surface area contributed by atoms with E-state index in [0.29, 0.717) is 29.0 Å². The molecule has 0 aliphatic heterocycles. The fraction of sp³-hybridized carbons (Fsp3) is 0.350. The Morgan fingerprint density at radius 2 is 2.00 bits per heavy atom. The van der Waals surface area contributed by atoms with Crippen LogP contribution < -0.4 is 10.3 Å². The molecule has 142 valence electrons. The standard InChI is InChI=1S/C20H22N2O4S/c1-12-7-8-16(25-3)14(10-12)15-11-27-19-18(15)20(24)22(13(2)21-19)9-5-6-17(23)26-4/h7-8,10-11H,5-6,9H2,1-4H3. The number of nitrogens with zero attached hydrogens (tertiary/aromatic N) is 2. The lowest BCUT2D eigenvalue weighted by Crippen LogP contribution is -2.24. The summed E-state index contributed by atoms with van der Waals surface area (Å²) in [6, 6.07) is 5.90. The molecule has 7 heteroatoms. The molecule has 0 atom stereocenters. The number of carbonyl (C=O) groups is 1. The summed E-state index contributed by atoms with van der Waals surface area (Å²) < 4.78 is 11.8. The predicted octanol–water partition coefficient (Wildman–Crippen LogP) is 3.70. The van der Waals surface area contributed by atoms with Gasteiger partial charge in [-0.15, -0.1) is 11.3 Å². The third-order valence-electron chi connectivity index (χ3n) is 4.52. The van der Waals surface area contributed by atoms with E-state index < -0.39 is 0 Å². The number of fused-ring (bicyclic) bond motifs is 1. The summed E-state index contributed by atoms with van der Waals surface area (Å²) in [6.45, 7) is 4.24. The van der Waals surface area contributed by atoms with Crippen LogP contribution in [0.1, 0.15) is 24.2 Å². The highest BCUT2D eigenvalue weighted by Crippen LogP contribution is 2.37. The number of hydrogen-bond donors (Lipinski definition) is 0. The molecule has 0 spiro atoms. The summed E-state index contributed by atoms with van der Waals surface area (Å²) in [7, 11) is 2.98. The molecule has 2 aromatic heterocycles. The molecular formula is C20H22N2O4S. The minimum atomic E-state index is -0.282. The van der Waals surface area contributed by atoms with Crippen molar-refractivity contribution < 1.29 is 14.3 Å². The first kappa shape index (κ1) is 19.1. The summed E-state index contributed by atoms with van der Waals surface area (Å²) >= 11 is 1.45. The zero-order valence-corrected chi connectivity index (χ0v) is 16.7. The number of aryl methyl sites for hydroxylation is 2. The summed E-state index contributed by atoms with van der Waals surface area (Å²) in [5.74, 6) is 1.08. The van der Waals surface area contributed by atoms with Crippen molar-refractivity contribution in [3.05, 3.63) is 45.3 Å². The van der Waals surface area contributed by atoms with E-state index in [4.69, 9.17) is 4.74 Å². The summed E-state index contributed by atoms with van der Waals surface area (Å²) in [5.41, 5.74) is 2.70. The van der Waals surface area contributed by atoms with Crippen LogP contribution in [0.4, 0.5) is 0 Å². The molecule has 1 aromatic carbocycles. The average molecular weight is 386 g/mol. The highest BCUT2D eigenvalue weighted by Gasteiger charge is 2.18. The molecule has 3 rings (SSSR count). The maximum atomic E-state index is 13.2. The van der Waals surface area contributed by atoms with Crippen molar-refractivity contribution in [2.45, 2.75) is 33.2 Å². The van der Waals surface area contributed by atoms with E-state index in [1.165, 1.54) is 18.4 Å². The van der Waals surface area contributed by atoms with Crippen LogP contribution in [0, 0.1) is 13.8 Å². The van der Waals surface area contributed by atoms with E-state index in [0.717, 1.165) is 22.4 Å². The molecule has 0 saturated carbocycles. The van der Waals surface area contributed by atoms with Gasteiger partial charge in [0.25, 0.3) is 5.56 Å². The maximum absolute atomic E-state index is 13.2. The number of thiophene rings is 1. The number of hydrogen-bond acceptors (Lipinski definition) is 6. The quantitative estimate of drug-likeness (QED) is 0.604. The van der Waals surface area contributed by atoms with Crippen molar-refractivity contribution >= 4 is 27.5 Å². The number of rotatable bonds is 6. The van der Waals surface area contributed by atoms with Gasteiger partial charge in [0.05, 0.1) is 19.6 Å². The van der Waals surface area contributed by atoms with Crippen LogP contribution in [-0.2, 0) is 16.1 Å². The highest BCUT2D eigenvalue weighted by molar-refractivity contribution is 7.17. The molecule has 0 N–H and O–H groups in total. The lowest BCUT2D eigenvalue weighted by Gasteiger charge is -2.11. The van der Waals surface area contributed by atoms with E-state index in [1.54, 1.807) is 11.7 Å². The summed E-state index contributed by atoms with van der Waals surface area (Å²) in [4.78, 5) is 29.9. The van der Waals surface area contributed by atoms with Crippen LogP contribution >= 0.6 is 11.3 Å². The lowest BCUT2D eigenvalue weighted by atomic mass is 10.0. The number of ether oxygens (including phenoxy) is 2. The maximum Gasteiger partial charge on any atom is 0.305 e. The Morgan fingerprint density at radius 1 is 1.22 bits per heavy atom. The summed E-state index contributed by atoms with van der Waals surface area (Å²) in [5, 5.41) is 2.54. The normalized spacial score (nSPS) is 11.0. The number of carbonyl (C=O) groups excluding carboxylic acids is 1. The van der Waals surface area contributed by atoms with Gasteiger partial charge < -0.3 is 9.47 Å². The van der Waals surface area contributed by atoms with Crippen LogP contribution in [0.25, 0.3) is 21.3 Å². The predicted molar refractivity (Wildman–Crippen MR) is 107 cm³/mol. The topological polar surface area (TPSA) is 70.4 Å². The van der Waals surface area contributed by atoms with Crippen molar-refractivity contribution in [2.24, 2.45) is 0 Å². The molecule has 0 aliphatic rings. The molecule has 0 saturated heterocycles. The van der Waals surface area contributed by atoms with Crippen LogP contribution in [0.5, 0.6) is 5.75 Å². The number of benzene rings is 1.